The molecule has 0 unspecified atom stereocenters. The third-order valence-corrected chi connectivity index (χ3v) is 1.63. The summed E-state index contributed by atoms with van der Waals surface area (Å²) in [6, 6.07) is 0. The van der Waals surface area contributed by atoms with Crippen LogP contribution in [-0.2, 0) is 11.2 Å². The molecule has 1 N–H and O–H groups in total. The zero-order chi connectivity index (χ0) is 9.36. The van der Waals surface area contributed by atoms with Gasteiger partial charge in [-0.1, -0.05) is 5.16 Å². The maximum absolute atomic E-state index is 4.91. The van der Waals surface area contributed by atoms with Crippen molar-refractivity contribution < 1.29 is 9.26 Å². The molecule has 5 nitrogen and oxygen atoms in total. The second kappa shape index (κ2) is 6.56. The summed E-state index contributed by atoms with van der Waals surface area (Å²) in [6.45, 7) is 2.64. The molecular formula is C8H15N3O2. The summed E-state index contributed by atoms with van der Waals surface area (Å²) in [5.41, 5.74) is 0. The fourth-order valence-corrected chi connectivity index (χ4v) is 0.969. The van der Waals surface area contributed by atoms with Gasteiger partial charge < -0.3 is 14.6 Å². The van der Waals surface area contributed by atoms with Gasteiger partial charge in [-0.2, -0.15) is 4.98 Å². The molecule has 0 aliphatic rings. The Bertz CT molecular complexity index is 201. The monoisotopic (exact) mass is 185 g/mol. The zero-order valence-corrected chi connectivity index (χ0v) is 7.82. The molecule has 0 spiro atoms. The first kappa shape index (κ1) is 10.1. The normalized spacial score (nSPS) is 10.5. The van der Waals surface area contributed by atoms with Crippen LogP contribution in [0.4, 0.5) is 0 Å². The van der Waals surface area contributed by atoms with Gasteiger partial charge in [0.15, 0.2) is 5.82 Å². The number of rotatable bonds is 7. The van der Waals surface area contributed by atoms with Crippen molar-refractivity contribution in [3.05, 3.63) is 12.2 Å². The Morgan fingerprint density at radius 2 is 2.46 bits per heavy atom. The number of hydrogen-bond donors (Lipinski definition) is 1. The lowest BCUT2D eigenvalue weighted by Gasteiger charge is -2.01. The fourth-order valence-electron chi connectivity index (χ4n) is 0.969. The van der Waals surface area contributed by atoms with E-state index in [-0.39, 0.29) is 0 Å². The molecule has 0 radical (unpaired) electrons. The highest BCUT2D eigenvalue weighted by molar-refractivity contribution is 4.78. The molecule has 1 heterocycles. The van der Waals surface area contributed by atoms with Crippen molar-refractivity contribution in [3.8, 4) is 0 Å². The fraction of sp³-hybridized carbons (Fsp3) is 0.750. The van der Waals surface area contributed by atoms with Gasteiger partial charge in [-0.25, -0.2) is 0 Å². The van der Waals surface area contributed by atoms with Crippen LogP contribution in [0, 0.1) is 0 Å². The molecule has 1 rings (SSSR count). The summed E-state index contributed by atoms with van der Waals surface area (Å²) in [6.07, 6.45) is 3.19. The Labute approximate surface area is 77.5 Å². The molecule has 13 heavy (non-hydrogen) atoms. The first-order valence-corrected chi connectivity index (χ1v) is 4.38. The minimum absolute atomic E-state index is 0.749. The highest BCUT2D eigenvalue weighted by Crippen LogP contribution is 1.87. The lowest BCUT2D eigenvalue weighted by atomic mass is 10.4. The molecule has 74 valence electrons. The molecular weight excluding hydrogens is 170 g/mol. The van der Waals surface area contributed by atoms with Crippen LogP contribution in [0.2, 0.25) is 0 Å². The Balaban J connectivity index is 1.90. The first-order chi connectivity index (χ1) is 6.43. The summed E-state index contributed by atoms with van der Waals surface area (Å²) in [5.74, 6) is 0.749. The number of hydrogen-bond acceptors (Lipinski definition) is 5. The van der Waals surface area contributed by atoms with Crippen LogP contribution in [0.3, 0.4) is 0 Å². The maximum Gasteiger partial charge on any atom is 0.213 e. The molecule has 0 fully saturated rings. The van der Waals surface area contributed by atoms with Gasteiger partial charge in [0, 0.05) is 26.7 Å². The van der Waals surface area contributed by atoms with Gasteiger partial charge in [-0.3, -0.25) is 0 Å². The summed E-state index contributed by atoms with van der Waals surface area (Å²) in [4.78, 5) is 3.91. The van der Waals surface area contributed by atoms with Crippen LogP contribution in [0.25, 0.3) is 0 Å². The predicted octanol–water partition coefficient (Wildman–Crippen LogP) is 0.238. The SMILES string of the molecule is COCCCNCCc1ncon1. The van der Waals surface area contributed by atoms with Gasteiger partial charge in [0.2, 0.25) is 6.39 Å². The number of aromatic nitrogens is 2. The van der Waals surface area contributed by atoms with E-state index in [1.165, 1.54) is 6.39 Å². The maximum atomic E-state index is 4.91. The minimum Gasteiger partial charge on any atom is -0.385 e. The molecule has 0 bridgehead atoms. The van der Waals surface area contributed by atoms with Crippen molar-refractivity contribution in [3.63, 3.8) is 0 Å². The molecule has 0 saturated heterocycles. The number of nitrogens with zero attached hydrogens (tertiary/aromatic N) is 2. The number of ether oxygens (including phenoxy) is 1. The van der Waals surface area contributed by atoms with Crippen LogP contribution in [0.5, 0.6) is 0 Å². The topological polar surface area (TPSA) is 60.2 Å². The van der Waals surface area contributed by atoms with Crippen LogP contribution < -0.4 is 5.32 Å². The van der Waals surface area contributed by atoms with E-state index < -0.39 is 0 Å². The largest absolute Gasteiger partial charge is 0.385 e. The molecule has 0 aliphatic carbocycles. The minimum atomic E-state index is 0.749. The smallest absolute Gasteiger partial charge is 0.213 e. The number of nitrogens with one attached hydrogen (secondary N) is 1. The molecule has 0 saturated carbocycles. The van der Waals surface area contributed by atoms with Crippen molar-refractivity contribution in [2.24, 2.45) is 0 Å². The quantitative estimate of drug-likeness (QED) is 0.616. The Hall–Kier alpha value is -0.940. The van der Waals surface area contributed by atoms with Crippen molar-refractivity contribution in [1.29, 1.82) is 0 Å². The van der Waals surface area contributed by atoms with Crippen LogP contribution in [-0.4, -0.2) is 36.9 Å². The molecule has 0 aliphatic heterocycles. The highest BCUT2D eigenvalue weighted by Gasteiger charge is 1.96. The van der Waals surface area contributed by atoms with E-state index >= 15 is 0 Å². The van der Waals surface area contributed by atoms with Crippen LogP contribution in [0.1, 0.15) is 12.2 Å². The van der Waals surface area contributed by atoms with Crippen molar-refractivity contribution in [2.45, 2.75) is 12.8 Å². The van der Waals surface area contributed by atoms with Crippen molar-refractivity contribution in [2.75, 3.05) is 26.8 Å². The van der Waals surface area contributed by atoms with Crippen molar-refractivity contribution in [1.82, 2.24) is 15.5 Å². The second-order valence-electron chi connectivity index (χ2n) is 2.69. The second-order valence-corrected chi connectivity index (χ2v) is 2.69. The molecule has 0 aromatic carbocycles. The summed E-state index contributed by atoms with van der Waals surface area (Å²) >= 11 is 0. The standard InChI is InChI=1S/C8H15N3O2/c1-12-6-2-4-9-5-3-8-10-7-13-11-8/h7,9H,2-6H2,1H3. The van der Waals surface area contributed by atoms with Gasteiger partial charge in [0.05, 0.1) is 0 Å². The predicted molar refractivity (Wildman–Crippen MR) is 47.4 cm³/mol. The van der Waals surface area contributed by atoms with E-state index in [1.807, 2.05) is 0 Å². The van der Waals surface area contributed by atoms with Gasteiger partial charge in [-0.15, -0.1) is 0 Å². The summed E-state index contributed by atoms with van der Waals surface area (Å²) in [5, 5.41) is 6.96. The van der Waals surface area contributed by atoms with E-state index in [0.29, 0.717) is 0 Å². The van der Waals surface area contributed by atoms with E-state index in [4.69, 9.17) is 4.74 Å². The zero-order valence-electron chi connectivity index (χ0n) is 7.82. The van der Waals surface area contributed by atoms with E-state index in [1.54, 1.807) is 7.11 Å². The van der Waals surface area contributed by atoms with Gasteiger partial charge in [-0.05, 0) is 13.0 Å². The van der Waals surface area contributed by atoms with E-state index in [2.05, 4.69) is 20.0 Å². The van der Waals surface area contributed by atoms with Crippen LogP contribution >= 0.6 is 0 Å². The molecule has 5 heteroatoms. The van der Waals surface area contributed by atoms with Crippen molar-refractivity contribution >= 4 is 0 Å². The molecule has 0 amide bonds. The van der Waals surface area contributed by atoms with Crippen LogP contribution in [0.15, 0.2) is 10.9 Å². The summed E-state index contributed by atoms with van der Waals surface area (Å²) in [7, 11) is 1.71. The van der Waals surface area contributed by atoms with E-state index in [9.17, 15) is 0 Å². The van der Waals surface area contributed by atoms with Gasteiger partial charge in [0.1, 0.15) is 0 Å². The summed E-state index contributed by atoms with van der Waals surface area (Å²) < 4.78 is 9.52. The molecule has 1 aromatic rings. The third-order valence-electron chi connectivity index (χ3n) is 1.63. The molecule has 1 aromatic heterocycles. The first-order valence-electron chi connectivity index (χ1n) is 4.38. The Kier molecular flexibility index (Phi) is 5.12. The Morgan fingerprint density at radius 1 is 1.54 bits per heavy atom. The lowest BCUT2D eigenvalue weighted by Crippen LogP contribution is -2.19. The molecule has 0 atom stereocenters. The average molecular weight is 185 g/mol. The Morgan fingerprint density at radius 3 is 3.15 bits per heavy atom. The van der Waals surface area contributed by atoms with Gasteiger partial charge >= 0.3 is 0 Å². The van der Waals surface area contributed by atoms with E-state index in [0.717, 1.165) is 38.4 Å². The third kappa shape index (κ3) is 4.59. The number of methoxy groups -OCH3 is 1. The van der Waals surface area contributed by atoms with Gasteiger partial charge in [0.25, 0.3) is 0 Å². The highest BCUT2D eigenvalue weighted by atomic mass is 16.5. The average Bonchev–Trinajstić information content (AvgIpc) is 2.63. The lowest BCUT2D eigenvalue weighted by molar-refractivity contribution is 0.194.